The summed E-state index contributed by atoms with van der Waals surface area (Å²) in [6.45, 7) is 1.24. The van der Waals surface area contributed by atoms with Gasteiger partial charge in [-0.1, -0.05) is 0 Å². The van der Waals surface area contributed by atoms with Crippen molar-refractivity contribution in [2.24, 2.45) is 0 Å². The number of hydrogen-bond donors (Lipinski definition) is 2. The molecule has 0 unspecified atom stereocenters. The lowest BCUT2D eigenvalue weighted by Crippen LogP contribution is -2.24. The zero-order valence-corrected chi connectivity index (χ0v) is 9.43. The van der Waals surface area contributed by atoms with Crippen LogP contribution >= 0.6 is 0 Å². The summed E-state index contributed by atoms with van der Waals surface area (Å²) in [6.07, 6.45) is 4.27. The van der Waals surface area contributed by atoms with Gasteiger partial charge in [0.1, 0.15) is 11.4 Å². The fraction of sp³-hybridized carbons (Fsp3) is 0.182. The Morgan fingerprint density at radius 3 is 2.71 bits per heavy atom. The number of rotatable bonds is 4. The van der Waals surface area contributed by atoms with Crippen LogP contribution in [0.15, 0.2) is 24.2 Å². The van der Waals surface area contributed by atoms with Crippen LogP contribution < -0.4 is 10.1 Å². The van der Waals surface area contributed by atoms with Gasteiger partial charge in [-0.05, 0) is 17.7 Å². The Morgan fingerprint density at radius 2 is 2.18 bits per heavy atom. The van der Waals surface area contributed by atoms with Gasteiger partial charge >= 0.3 is 5.97 Å². The van der Waals surface area contributed by atoms with Crippen molar-refractivity contribution < 1.29 is 19.4 Å². The van der Waals surface area contributed by atoms with E-state index >= 15 is 0 Å². The maximum atomic E-state index is 10.9. The average molecular weight is 236 g/mol. The number of ether oxygens (including phenoxy) is 1. The third-order valence-electron chi connectivity index (χ3n) is 1.82. The second-order valence-corrected chi connectivity index (χ2v) is 3.20. The van der Waals surface area contributed by atoms with E-state index in [0.29, 0.717) is 11.3 Å². The number of aliphatic carboxylic acids is 1. The van der Waals surface area contributed by atoms with Gasteiger partial charge in [-0.2, -0.15) is 0 Å². The van der Waals surface area contributed by atoms with Crippen LogP contribution in [0.25, 0.3) is 6.08 Å². The van der Waals surface area contributed by atoms with Crippen LogP contribution in [0.2, 0.25) is 0 Å². The molecule has 0 aliphatic heterocycles. The molecule has 1 aromatic heterocycles. The molecule has 0 aliphatic rings. The van der Waals surface area contributed by atoms with Crippen LogP contribution in [0.4, 0.5) is 0 Å². The molecule has 0 aromatic carbocycles. The molecule has 0 aliphatic carbocycles. The van der Waals surface area contributed by atoms with Crippen molar-refractivity contribution in [2.75, 3.05) is 7.11 Å². The normalized spacial score (nSPS) is 10.8. The first-order chi connectivity index (χ1) is 8.02. The quantitative estimate of drug-likeness (QED) is 0.749. The van der Waals surface area contributed by atoms with Crippen molar-refractivity contribution >= 4 is 18.0 Å². The number of carboxylic acids is 1. The Labute approximate surface area is 97.9 Å². The number of amides is 1. The highest BCUT2D eigenvalue weighted by molar-refractivity contribution is 5.96. The highest BCUT2D eigenvalue weighted by Gasteiger charge is 2.09. The van der Waals surface area contributed by atoms with E-state index in [1.165, 1.54) is 32.5 Å². The van der Waals surface area contributed by atoms with Crippen LogP contribution in [0, 0.1) is 0 Å². The van der Waals surface area contributed by atoms with E-state index in [1.807, 2.05) is 0 Å². The second-order valence-electron chi connectivity index (χ2n) is 3.20. The molecule has 6 heteroatoms. The van der Waals surface area contributed by atoms with Crippen molar-refractivity contribution in [3.05, 3.63) is 29.7 Å². The van der Waals surface area contributed by atoms with Gasteiger partial charge in [0.2, 0.25) is 5.91 Å². The Balaban J connectivity index is 3.03. The Hall–Kier alpha value is -2.37. The lowest BCUT2D eigenvalue weighted by atomic mass is 10.2. The average Bonchev–Trinajstić information content (AvgIpc) is 2.27. The fourth-order valence-electron chi connectivity index (χ4n) is 1.13. The van der Waals surface area contributed by atoms with Gasteiger partial charge in [0.25, 0.3) is 0 Å². The van der Waals surface area contributed by atoms with Crippen LogP contribution in [0.3, 0.4) is 0 Å². The molecule has 1 aromatic rings. The number of hydrogen-bond acceptors (Lipinski definition) is 4. The van der Waals surface area contributed by atoms with E-state index < -0.39 is 11.9 Å². The number of pyridine rings is 1. The van der Waals surface area contributed by atoms with Crippen molar-refractivity contribution in [3.8, 4) is 5.75 Å². The first-order valence-corrected chi connectivity index (χ1v) is 4.74. The molecule has 1 heterocycles. The Morgan fingerprint density at radius 1 is 1.47 bits per heavy atom. The van der Waals surface area contributed by atoms with Gasteiger partial charge in [-0.15, -0.1) is 0 Å². The Kier molecular flexibility index (Phi) is 4.21. The summed E-state index contributed by atoms with van der Waals surface area (Å²) in [7, 11) is 1.48. The van der Waals surface area contributed by atoms with Gasteiger partial charge in [-0.3, -0.25) is 9.78 Å². The minimum Gasteiger partial charge on any atom is -0.495 e. The van der Waals surface area contributed by atoms with E-state index in [-0.39, 0.29) is 5.70 Å². The number of carbonyl (C=O) groups is 2. The van der Waals surface area contributed by atoms with E-state index in [0.717, 1.165) is 0 Å². The minimum absolute atomic E-state index is 0.215. The van der Waals surface area contributed by atoms with Gasteiger partial charge in [0.15, 0.2) is 0 Å². The zero-order valence-electron chi connectivity index (χ0n) is 9.43. The number of nitrogens with zero attached hydrogens (tertiary/aromatic N) is 1. The SMILES string of the molecule is COc1cncc(/C=C(/NC(C)=O)C(=O)O)c1. The van der Waals surface area contributed by atoms with Crippen molar-refractivity contribution in [3.63, 3.8) is 0 Å². The van der Waals surface area contributed by atoms with Crippen LogP contribution in [0.1, 0.15) is 12.5 Å². The summed E-state index contributed by atoms with van der Waals surface area (Å²) in [5.74, 6) is -1.16. The maximum absolute atomic E-state index is 10.9. The lowest BCUT2D eigenvalue weighted by molar-refractivity contribution is -0.134. The maximum Gasteiger partial charge on any atom is 0.352 e. The number of carbonyl (C=O) groups excluding carboxylic acids is 1. The number of nitrogens with one attached hydrogen (secondary N) is 1. The summed E-state index contributed by atoms with van der Waals surface area (Å²) in [5.41, 5.74) is 0.308. The molecule has 0 atom stereocenters. The third-order valence-corrected chi connectivity index (χ3v) is 1.82. The van der Waals surface area contributed by atoms with Crippen LogP contribution in [0.5, 0.6) is 5.75 Å². The molecule has 1 amide bonds. The summed E-state index contributed by atoms with van der Waals surface area (Å²) < 4.78 is 4.95. The molecular formula is C11H12N2O4. The van der Waals surface area contributed by atoms with E-state index in [4.69, 9.17) is 9.84 Å². The standard InChI is InChI=1S/C11H12N2O4/c1-7(14)13-10(11(15)16)4-8-3-9(17-2)6-12-5-8/h3-6H,1-2H3,(H,13,14)(H,15,16)/b10-4+. The molecule has 90 valence electrons. The summed E-state index contributed by atoms with van der Waals surface area (Å²) >= 11 is 0. The van der Waals surface area contributed by atoms with Gasteiger partial charge < -0.3 is 15.2 Å². The largest absolute Gasteiger partial charge is 0.495 e. The fourth-order valence-corrected chi connectivity index (χ4v) is 1.13. The highest BCUT2D eigenvalue weighted by atomic mass is 16.5. The second kappa shape index (κ2) is 5.64. The molecule has 0 spiro atoms. The third kappa shape index (κ3) is 3.94. The summed E-state index contributed by atoms with van der Waals surface area (Å²) in [6, 6.07) is 1.61. The molecule has 1 rings (SSSR count). The van der Waals surface area contributed by atoms with Crippen LogP contribution in [-0.2, 0) is 9.59 Å². The van der Waals surface area contributed by atoms with Gasteiger partial charge in [0.05, 0.1) is 13.3 Å². The predicted octanol–water partition coefficient (Wildman–Crippen LogP) is 0.652. The number of aromatic nitrogens is 1. The zero-order chi connectivity index (χ0) is 12.8. The highest BCUT2D eigenvalue weighted by Crippen LogP contribution is 2.12. The molecule has 0 bridgehead atoms. The molecule has 2 N–H and O–H groups in total. The lowest BCUT2D eigenvalue weighted by Gasteiger charge is -2.03. The molecule has 0 radical (unpaired) electrons. The topological polar surface area (TPSA) is 88.5 Å². The molecule has 6 nitrogen and oxygen atoms in total. The monoisotopic (exact) mass is 236 g/mol. The molecule has 17 heavy (non-hydrogen) atoms. The van der Waals surface area contributed by atoms with Gasteiger partial charge in [0, 0.05) is 13.1 Å². The Bertz CT molecular complexity index is 468. The smallest absolute Gasteiger partial charge is 0.352 e. The molecular weight excluding hydrogens is 224 g/mol. The first kappa shape index (κ1) is 12.7. The van der Waals surface area contributed by atoms with Crippen molar-refractivity contribution in [1.82, 2.24) is 10.3 Å². The summed E-state index contributed by atoms with van der Waals surface area (Å²) in [5, 5.41) is 11.1. The number of carboxylic acid groups (broad SMARTS) is 1. The molecule has 0 fully saturated rings. The molecule has 0 saturated heterocycles. The predicted molar refractivity (Wildman–Crippen MR) is 60.2 cm³/mol. The first-order valence-electron chi connectivity index (χ1n) is 4.74. The van der Waals surface area contributed by atoms with E-state index in [2.05, 4.69) is 10.3 Å². The van der Waals surface area contributed by atoms with E-state index in [9.17, 15) is 9.59 Å². The molecule has 0 saturated carbocycles. The van der Waals surface area contributed by atoms with Crippen molar-refractivity contribution in [2.45, 2.75) is 6.92 Å². The van der Waals surface area contributed by atoms with E-state index in [1.54, 1.807) is 6.07 Å². The summed E-state index contributed by atoms with van der Waals surface area (Å²) in [4.78, 5) is 25.5. The number of methoxy groups -OCH3 is 1. The minimum atomic E-state index is -1.22. The van der Waals surface area contributed by atoms with Crippen LogP contribution in [-0.4, -0.2) is 29.1 Å². The van der Waals surface area contributed by atoms with Gasteiger partial charge in [-0.25, -0.2) is 4.79 Å². The van der Waals surface area contributed by atoms with Crippen molar-refractivity contribution in [1.29, 1.82) is 0 Å².